The first-order valence-corrected chi connectivity index (χ1v) is 5.70. The van der Waals surface area contributed by atoms with E-state index < -0.39 is 0 Å². The molecule has 0 atom stereocenters. The normalized spacial score (nSPS) is 10.6. The molecule has 0 aliphatic heterocycles. The van der Waals surface area contributed by atoms with Crippen LogP contribution < -0.4 is 0 Å². The highest BCUT2D eigenvalue weighted by Gasteiger charge is 2.23. The van der Waals surface area contributed by atoms with Gasteiger partial charge in [0, 0.05) is 19.4 Å². The second kappa shape index (κ2) is 4.95. The molecule has 2 heterocycles. The fourth-order valence-electron chi connectivity index (χ4n) is 1.76. The van der Waals surface area contributed by atoms with Crippen LogP contribution in [-0.4, -0.2) is 30.6 Å². The largest absolute Gasteiger partial charge is 0.493 e. The van der Waals surface area contributed by atoms with E-state index in [-0.39, 0.29) is 22.9 Å². The minimum absolute atomic E-state index is 0.130. The van der Waals surface area contributed by atoms with Gasteiger partial charge < -0.3 is 5.11 Å². The Morgan fingerprint density at radius 3 is 2.83 bits per heavy atom. The van der Waals surface area contributed by atoms with Gasteiger partial charge in [0.1, 0.15) is 11.3 Å². The number of hydrogen-bond acceptors (Lipinski definition) is 5. The van der Waals surface area contributed by atoms with Crippen LogP contribution in [0.5, 0.6) is 5.88 Å². The molecule has 0 unspecified atom stereocenters. The minimum Gasteiger partial charge on any atom is -0.493 e. The number of nitrogens with zero attached hydrogens (tertiary/aromatic N) is 4. The van der Waals surface area contributed by atoms with Crippen molar-refractivity contribution in [3.05, 3.63) is 35.5 Å². The Kier molecular flexibility index (Phi) is 3.36. The first-order chi connectivity index (χ1) is 8.65. The molecule has 0 bridgehead atoms. The van der Waals surface area contributed by atoms with Gasteiger partial charge in [-0.25, -0.2) is 9.67 Å². The highest BCUT2D eigenvalue weighted by atomic mass is 16.3. The van der Waals surface area contributed by atoms with Crippen molar-refractivity contribution in [1.82, 2.24) is 19.7 Å². The van der Waals surface area contributed by atoms with Crippen molar-refractivity contribution < 1.29 is 9.90 Å². The molecule has 0 amide bonds. The Morgan fingerprint density at radius 1 is 1.44 bits per heavy atom. The monoisotopic (exact) mass is 246 g/mol. The van der Waals surface area contributed by atoms with Gasteiger partial charge in [-0.15, -0.1) is 0 Å². The van der Waals surface area contributed by atoms with Crippen LogP contribution in [0.3, 0.4) is 0 Å². The number of hydrogen-bond donors (Lipinski definition) is 1. The van der Waals surface area contributed by atoms with Gasteiger partial charge in [0.15, 0.2) is 0 Å². The van der Waals surface area contributed by atoms with Crippen LogP contribution >= 0.6 is 0 Å². The lowest BCUT2D eigenvalue weighted by Gasteiger charge is -2.00. The number of aromatic nitrogens is 4. The van der Waals surface area contributed by atoms with Gasteiger partial charge in [0.05, 0.1) is 11.9 Å². The summed E-state index contributed by atoms with van der Waals surface area (Å²) in [5.41, 5.74) is 1.02. The number of aromatic hydroxyl groups is 1. The molecule has 6 nitrogen and oxygen atoms in total. The Morgan fingerprint density at radius 2 is 2.22 bits per heavy atom. The summed E-state index contributed by atoms with van der Waals surface area (Å²) >= 11 is 0. The maximum Gasteiger partial charge on any atom is 0.220 e. The van der Waals surface area contributed by atoms with E-state index in [9.17, 15) is 9.90 Å². The number of rotatable bonds is 4. The van der Waals surface area contributed by atoms with Crippen LogP contribution in [0.2, 0.25) is 0 Å². The van der Waals surface area contributed by atoms with Crippen molar-refractivity contribution in [3.8, 4) is 5.88 Å². The predicted octanol–water partition coefficient (Wildman–Crippen LogP) is 1.10. The van der Waals surface area contributed by atoms with Gasteiger partial charge in [-0.2, -0.15) is 5.10 Å². The number of aryl methyl sites for hydroxylation is 2. The highest BCUT2D eigenvalue weighted by molar-refractivity contribution is 6.09. The van der Waals surface area contributed by atoms with Crippen molar-refractivity contribution >= 4 is 5.78 Å². The molecule has 94 valence electrons. The standard InChI is InChI=1S/C12H14N4O2/c1-3-4-8-10(12(18)16(2)15-8)11(17)9-7-13-5-6-14-9/h5-7,18H,3-4H2,1-2H3. The van der Waals surface area contributed by atoms with E-state index in [1.54, 1.807) is 7.05 Å². The van der Waals surface area contributed by atoms with Crippen LogP contribution in [0.4, 0.5) is 0 Å². The van der Waals surface area contributed by atoms with Crippen molar-refractivity contribution in [2.75, 3.05) is 0 Å². The van der Waals surface area contributed by atoms with Crippen LogP contribution in [-0.2, 0) is 13.5 Å². The summed E-state index contributed by atoms with van der Waals surface area (Å²) in [4.78, 5) is 20.1. The first kappa shape index (κ1) is 12.2. The Balaban J connectivity index is 2.47. The number of ketones is 1. The van der Waals surface area contributed by atoms with Gasteiger partial charge >= 0.3 is 0 Å². The van der Waals surface area contributed by atoms with Gasteiger partial charge in [0.2, 0.25) is 11.7 Å². The Labute approximate surface area is 104 Å². The van der Waals surface area contributed by atoms with Crippen LogP contribution in [0.25, 0.3) is 0 Å². The van der Waals surface area contributed by atoms with Gasteiger partial charge in [-0.1, -0.05) is 13.3 Å². The highest BCUT2D eigenvalue weighted by Crippen LogP contribution is 2.23. The lowest BCUT2D eigenvalue weighted by molar-refractivity contribution is 0.103. The molecule has 0 aliphatic carbocycles. The quantitative estimate of drug-likeness (QED) is 0.817. The number of carbonyl (C=O) groups is 1. The molecule has 0 fully saturated rings. The summed E-state index contributed by atoms with van der Waals surface area (Å²) in [5.74, 6) is -0.480. The van der Waals surface area contributed by atoms with Gasteiger partial charge in [-0.05, 0) is 6.42 Å². The molecule has 0 aliphatic rings. The zero-order valence-electron chi connectivity index (χ0n) is 10.3. The van der Waals surface area contributed by atoms with Crippen LogP contribution in [0.1, 0.15) is 35.1 Å². The summed E-state index contributed by atoms with van der Waals surface area (Å²) in [6.45, 7) is 1.99. The van der Waals surface area contributed by atoms with Gasteiger partial charge in [0.25, 0.3) is 0 Å². The third-order valence-corrected chi connectivity index (χ3v) is 2.60. The summed E-state index contributed by atoms with van der Waals surface area (Å²) in [6, 6.07) is 0. The molecule has 0 saturated heterocycles. The molecule has 2 rings (SSSR count). The third-order valence-electron chi connectivity index (χ3n) is 2.60. The SMILES string of the molecule is CCCc1nn(C)c(O)c1C(=O)c1cnccn1. The molecule has 1 N–H and O–H groups in total. The summed E-state index contributed by atoms with van der Waals surface area (Å²) in [6.07, 6.45) is 5.80. The zero-order valence-corrected chi connectivity index (χ0v) is 10.3. The second-order valence-electron chi connectivity index (χ2n) is 3.94. The lowest BCUT2D eigenvalue weighted by Crippen LogP contribution is -2.06. The van der Waals surface area contributed by atoms with Crippen molar-refractivity contribution in [2.45, 2.75) is 19.8 Å². The minimum atomic E-state index is -0.350. The Hall–Kier alpha value is -2.24. The van der Waals surface area contributed by atoms with Crippen LogP contribution in [0, 0.1) is 0 Å². The molecule has 0 aromatic carbocycles. The second-order valence-corrected chi connectivity index (χ2v) is 3.94. The van der Waals surface area contributed by atoms with E-state index >= 15 is 0 Å². The van der Waals surface area contributed by atoms with E-state index in [2.05, 4.69) is 15.1 Å². The first-order valence-electron chi connectivity index (χ1n) is 5.70. The zero-order chi connectivity index (χ0) is 13.1. The fourth-order valence-corrected chi connectivity index (χ4v) is 1.76. The van der Waals surface area contributed by atoms with Crippen molar-refractivity contribution in [3.63, 3.8) is 0 Å². The van der Waals surface area contributed by atoms with E-state index in [4.69, 9.17) is 0 Å². The summed E-state index contributed by atoms with van der Waals surface area (Å²) < 4.78 is 1.30. The molecule has 18 heavy (non-hydrogen) atoms. The third kappa shape index (κ3) is 2.09. The van der Waals surface area contributed by atoms with Gasteiger partial charge in [-0.3, -0.25) is 9.78 Å². The maximum absolute atomic E-state index is 12.3. The average Bonchev–Trinajstić information content (AvgIpc) is 2.66. The smallest absolute Gasteiger partial charge is 0.220 e. The molecule has 0 radical (unpaired) electrons. The molecule has 0 spiro atoms. The maximum atomic E-state index is 12.3. The summed E-state index contributed by atoms with van der Waals surface area (Å²) in [7, 11) is 1.60. The lowest BCUT2D eigenvalue weighted by atomic mass is 10.1. The average molecular weight is 246 g/mol. The van der Waals surface area contributed by atoms with E-state index in [1.165, 1.54) is 23.3 Å². The topological polar surface area (TPSA) is 80.9 Å². The number of carbonyl (C=O) groups excluding carboxylic acids is 1. The fraction of sp³-hybridized carbons (Fsp3) is 0.333. The predicted molar refractivity (Wildman–Crippen MR) is 64.3 cm³/mol. The van der Waals surface area contributed by atoms with Crippen LogP contribution in [0.15, 0.2) is 18.6 Å². The van der Waals surface area contributed by atoms with Crippen molar-refractivity contribution in [1.29, 1.82) is 0 Å². The van der Waals surface area contributed by atoms with E-state index in [1.807, 2.05) is 6.92 Å². The molecular weight excluding hydrogens is 232 g/mol. The molecule has 2 aromatic rings. The Bertz CT molecular complexity index is 563. The molecular formula is C12H14N4O2. The molecule has 6 heteroatoms. The van der Waals surface area contributed by atoms with Crippen molar-refractivity contribution in [2.24, 2.45) is 7.05 Å². The van der Waals surface area contributed by atoms with E-state index in [0.29, 0.717) is 12.1 Å². The summed E-state index contributed by atoms with van der Waals surface area (Å²) in [5, 5.41) is 14.1. The van der Waals surface area contributed by atoms with E-state index in [0.717, 1.165) is 6.42 Å². The molecule has 2 aromatic heterocycles. The molecule has 0 saturated carbocycles.